The van der Waals surface area contributed by atoms with Crippen LogP contribution in [0.15, 0.2) is 60.0 Å². The zero-order chi connectivity index (χ0) is 14.7. The van der Waals surface area contributed by atoms with Crippen molar-refractivity contribution in [1.29, 1.82) is 0 Å². The van der Waals surface area contributed by atoms with E-state index in [1.54, 1.807) is 18.1 Å². The van der Waals surface area contributed by atoms with Crippen LogP contribution in [0.1, 0.15) is 11.1 Å². The zero-order valence-corrected chi connectivity index (χ0v) is 13.1. The zero-order valence-electron chi connectivity index (χ0n) is 11.5. The predicted molar refractivity (Wildman–Crippen MR) is 87.1 cm³/mol. The molecule has 0 atom stereocenters. The molecule has 0 aliphatic rings. The number of hydrogen-bond acceptors (Lipinski definition) is 3. The summed E-state index contributed by atoms with van der Waals surface area (Å²) in [6.45, 7) is 2.09. The lowest BCUT2D eigenvalue weighted by Crippen LogP contribution is -1.95. The van der Waals surface area contributed by atoms with Crippen molar-refractivity contribution in [3.05, 3.63) is 71.0 Å². The van der Waals surface area contributed by atoms with Crippen molar-refractivity contribution in [3.63, 3.8) is 0 Å². The Morgan fingerprint density at radius 1 is 1.14 bits per heavy atom. The average molecular weight is 316 g/mol. The second-order valence-electron chi connectivity index (χ2n) is 4.74. The van der Waals surface area contributed by atoms with E-state index in [0.29, 0.717) is 5.02 Å². The van der Waals surface area contributed by atoms with Gasteiger partial charge in [0.05, 0.1) is 5.69 Å². The van der Waals surface area contributed by atoms with E-state index in [9.17, 15) is 0 Å². The molecule has 0 radical (unpaired) electrons. The van der Waals surface area contributed by atoms with Crippen molar-refractivity contribution in [2.75, 3.05) is 0 Å². The monoisotopic (exact) mass is 315 g/mol. The number of halogens is 1. The highest BCUT2D eigenvalue weighted by Gasteiger charge is 2.07. The fourth-order valence-corrected chi connectivity index (χ4v) is 3.03. The Morgan fingerprint density at radius 3 is 2.71 bits per heavy atom. The molecule has 0 fully saturated rings. The summed E-state index contributed by atoms with van der Waals surface area (Å²) in [5.41, 5.74) is 3.51. The lowest BCUT2D eigenvalue weighted by molar-refractivity contribution is 0.884. The topological polar surface area (TPSA) is 30.7 Å². The molecule has 106 valence electrons. The summed E-state index contributed by atoms with van der Waals surface area (Å²) in [6, 6.07) is 16.2. The Morgan fingerprint density at radius 2 is 1.95 bits per heavy atom. The number of nitrogens with zero attached hydrogens (tertiary/aromatic N) is 3. The summed E-state index contributed by atoms with van der Waals surface area (Å²) in [5, 5.41) is 9.75. The Balaban J connectivity index is 1.78. The molecule has 1 heterocycles. The van der Waals surface area contributed by atoms with Gasteiger partial charge in [0.25, 0.3) is 0 Å². The van der Waals surface area contributed by atoms with Gasteiger partial charge in [0, 0.05) is 10.8 Å². The van der Waals surface area contributed by atoms with Crippen LogP contribution in [0, 0.1) is 6.92 Å². The molecule has 1 aromatic heterocycles. The fraction of sp³-hybridized carbons (Fsp3) is 0.125. The second kappa shape index (κ2) is 6.33. The van der Waals surface area contributed by atoms with Gasteiger partial charge in [0.15, 0.2) is 5.16 Å². The van der Waals surface area contributed by atoms with E-state index in [-0.39, 0.29) is 0 Å². The van der Waals surface area contributed by atoms with Crippen molar-refractivity contribution >= 4 is 23.4 Å². The van der Waals surface area contributed by atoms with Crippen LogP contribution in [-0.4, -0.2) is 14.8 Å². The molecular weight excluding hydrogens is 302 g/mol. The third kappa shape index (κ3) is 3.46. The van der Waals surface area contributed by atoms with Gasteiger partial charge in [-0.25, -0.2) is 0 Å². The first-order valence-corrected chi connectivity index (χ1v) is 7.93. The van der Waals surface area contributed by atoms with Crippen LogP contribution in [-0.2, 0) is 5.75 Å². The van der Waals surface area contributed by atoms with Crippen LogP contribution in [0.4, 0.5) is 0 Å². The van der Waals surface area contributed by atoms with Crippen LogP contribution >= 0.6 is 23.4 Å². The maximum Gasteiger partial charge on any atom is 0.195 e. The first-order chi connectivity index (χ1) is 10.2. The number of hydrogen-bond donors (Lipinski definition) is 0. The van der Waals surface area contributed by atoms with E-state index in [4.69, 9.17) is 11.6 Å². The molecule has 5 heteroatoms. The molecule has 2 aromatic carbocycles. The molecule has 0 aliphatic heterocycles. The summed E-state index contributed by atoms with van der Waals surface area (Å²) in [5.74, 6) is 0.861. The van der Waals surface area contributed by atoms with E-state index >= 15 is 0 Å². The summed E-state index contributed by atoms with van der Waals surface area (Å²) in [7, 11) is 0. The normalized spacial score (nSPS) is 10.8. The van der Waals surface area contributed by atoms with Crippen LogP contribution in [0.25, 0.3) is 5.69 Å². The first kappa shape index (κ1) is 14.2. The fourth-order valence-electron chi connectivity index (χ4n) is 1.96. The molecule has 3 rings (SSSR count). The van der Waals surface area contributed by atoms with E-state index in [1.807, 2.05) is 28.8 Å². The van der Waals surface area contributed by atoms with Gasteiger partial charge >= 0.3 is 0 Å². The molecule has 21 heavy (non-hydrogen) atoms. The molecule has 0 bridgehead atoms. The van der Waals surface area contributed by atoms with Gasteiger partial charge in [-0.15, -0.1) is 10.2 Å². The maximum absolute atomic E-state index is 6.04. The highest BCUT2D eigenvalue weighted by Crippen LogP contribution is 2.24. The van der Waals surface area contributed by atoms with Crippen LogP contribution in [0.2, 0.25) is 5.02 Å². The maximum atomic E-state index is 6.04. The molecule has 0 spiro atoms. The van der Waals surface area contributed by atoms with Crippen molar-refractivity contribution in [2.24, 2.45) is 0 Å². The quantitative estimate of drug-likeness (QED) is 0.663. The Hall–Kier alpha value is -1.78. The van der Waals surface area contributed by atoms with Gasteiger partial charge in [0.2, 0.25) is 0 Å². The van der Waals surface area contributed by atoms with Gasteiger partial charge in [-0.05, 0) is 30.7 Å². The minimum atomic E-state index is 0.704. The minimum Gasteiger partial charge on any atom is -0.277 e. The number of aryl methyl sites for hydroxylation is 1. The number of thioether (sulfide) groups is 1. The molecule has 0 amide bonds. The van der Waals surface area contributed by atoms with E-state index in [1.165, 1.54) is 11.1 Å². The van der Waals surface area contributed by atoms with Crippen molar-refractivity contribution in [2.45, 2.75) is 17.8 Å². The Labute approximate surface area is 133 Å². The van der Waals surface area contributed by atoms with E-state index in [0.717, 1.165) is 16.6 Å². The highest BCUT2D eigenvalue weighted by atomic mass is 35.5. The standard InChI is InChI=1S/C16H14ClN3S/c1-12-5-7-13(8-6-12)10-21-16-19-18-11-20(16)15-4-2-3-14(17)9-15/h2-9,11H,10H2,1H3. The van der Waals surface area contributed by atoms with Gasteiger partial charge < -0.3 is 0 Å². The molecule has 0 saturated heterocycles. The highest BCUT2D eigenvalue weighted by molar-refractivity contribution is 7.98. The number of benzene rings is 2. The number of rotatable bonds is 4. The molecule has 0 saturated carbocycles. The molecule has 0 N–H and O–H groups in total. The summed E-state index contributed by atoms with van der Waals surface area (Å²) in [6.07, 6.45) is 1.71. The van der Waals surface area contributed by atoms with Crippen LogP contribution in [0.3, 0.4) is 0 Å². The molecule has 0 aliphatic carbocycles. The lowest BCUT2D eigenvalue weighted by atomic mass is 10.2. The average Bonchev–Trinajstić information content (AvgIpc) is 2.95. The van der Waals surface area contributed by atoms with Crippen molar-refractivity contribution in [3.8, 4) is 5.69 Å². The second-order valence-corrected chi connectivity index (χ2v) is 6.12. The molecule has 3 nitrogen and oxygen atoms in total. The third-order valence-corrected chi connectivity index (χ3v) is 4.34. The van der Waals surface area contributed by atoms with E-state index < -0.39 is 0 Å². The molecular formula is C16H14ClN3S. The van der Waals surface area contributed by atoms with Gasteiger partial charge in [-0.3, -0.25) is 4.57 Å². The lowest BCUT2D eigenvalue weighted by Gasteiger charge is -2.06. The van der Waals surface area contributed by atoms with Gasteiger partial charge in [0.1, 0.15) is 6.33 Å². The Kier molecular flexibility index (Phi) is 4.27. The minimum absolute atomic E-state index is 0.704. The van der Waals surface area contributed by atoms with Gasteiger partial charge in [-0.2, -0.15) is 0 Å². The molecule has 3 aromatic rings. The third-order valence-electron chi connectivity index (χ3n) is 3.09. The van der Waals surface area contributed by atoms with Crippen LogP contribution < -0.4 is 0 Å². The van der Waals surface area contributed by atoms with E-state index in [2.05, 4.69) is 41.4 Å². The first-order valence-electron chi connectivity index (χ1n) is 6.57. The summed E-state index contributed by atoms with van der Waals surface area (Å²) >= 11 is 7.70. The predicted octanol–water partition coefficient (Wildman–Crippen LogP) is 4.52. The molecule has 0 unspecified atom stereocenters. The summed E-state index contributed by atoms with van der Waals surface area (Å²) in [4.78, 5) is 0. The van der Waals surface area contributed by atoms with Crippen molar-refractivity contribution in [1.82, 2.24) is 14.8 Å². The summed E-state index contributed by atoms with van der Waals surface area (Å²) < 4.78 is 1.95. The van der Waals surface area contributed by atoms with Crippen molar-refractivity contribution < 1.29 is 0 Å². The Bertz CT molecular complexity index is 737. The van der Waals surface area contributed by atoms with Crippen LogP contribution in [0.5, 0.6) is 0 Å². The largest absolute Gasteiger partial charge is 0.277 e. The number of aromatic nitrogens is 3. The van der Waals surface area contributed by atoms with Gasteiger partial charge in [-0.1, -0.05) is 59.3 Å². The smallest absolute Gasteiger partial charge is 0.195 e. The SMILES string of the molecule is Cc1ccc(CSc2nncn2-c2cccc(Cl)c2)cc1.